The number of alkyl halides is 3. The lowest BCUT2D eigenvalue weighted by molar-refractivity contribution is -0.137. The van der Waals surface area contributed by atoms with E-state index in [0.717, 1.165) is 12.3 Å². The van der Waals surface area contributed by atoms with Gasteiger partial charge in [-0.25, -0.2) is 9.78 Å². The van der Waals surface area contributed by atoms with Gasteiger partial charge in [0.2, 0.25) is 5.95 Å². The first kappa shape index (κ1) is 20.6. The van der Waals surface area contributed by atoms with Gasteiger partial charge in [-0.2, -0.15) is 18.2 Å². The Labute approximate surface area is 168 Å². The average molecular weight is 429 g/mol. The monoisotopic (exact) mass is 428 g/mol. The van der Waals surface area contributed by atoms with E-state index in [1.807, 2.05) is 13.8 Å². The van der Waals surface area contributed by atoms with Crippen LogP contribution >= 0.6 is 11.6 Å². The number of aromatic nitrogens is 2. The Morgan fingerprint density at radius 2 is 2.07 bits per heavy atom. The van der Waals surface area contributed by atoms with E-state index in [-0.39, 0.29) is 23.0 Å². The van der Waals surface area contributed by atoms with Crippen LogP contribution in [0.2, 0.25) is 5.02 Å². The van der Waals surface area contributed by atoms with Crippen LogP contribution in [0, 0.1) is 0 Å². The summed E-state index contributed by atoms with van der Waals surface area (Å²) in [5, 5.41) is 4.55. The molecule has 0 unspecified atom stereocenters. The fourth-order valence-electron chi connectivity index (χ4n) is 2.73. The number of halogens is 4. The summed E-state index contributed by atoms with van der Waals surface area (Å²) in [6, 6.07) is 2.55. The Hall–Kier alpha value is -3.08. The van der Waals surface area contributed by atoms with Gasteiger partial charge in [0.1, 0.15) is 11.4 Å². The molecule has 0 atom stereocenters. The summed E-state index contributed by atoms with van der Waals surface area (Å²) in [6.07, 6.45) is -3.57. The smallest absolute Gasteiger partial charge is 0.383 e. The first-order chi connectivity index (χ1) is 13.4. The molecule has 0 aliphatic carbocycles. The molecule has 12 heteroatoms. The number of carbonyl (C=O) groups is 2. The van der Waals surface area contributed by atoms with Gasteiger partial charge in [0.15, 0.2) is 0 Å². The third-order valence-corrected chi connectivity index (χ3v) is 4.39. The molecule has 4 N–H and O–H groups in total. The maximum Gasteiger partial charge on any atom is 0.417 e. The Morgan fingerprint density at radius 1 is 1.38 bits per heavy atom. The van der Waals surface area contributed by atoms with Crippen LogP contribution in [0.5, 0.6) is 0 Å². The van der Waals surface area contributed by atoms with Crippen LogP contribution in [-0.2, 0) is 6.18 Å². The van der Waals surface area contributed by atoms with Crippen molar-refractivity contribution in [2.45, 2.75) is 25.6 Å². The quantitative estimate of drug-likeness (QED) is 0.694. The van der Waals surface area contributed by atoms with Gasteiger partial charge in [-0.3, -0.25) is 9.69 Å². The van der Waals surface area contributed by atoms with Gasteiger partial charge < -0.3 is 16.4 Å². The van der Waals surface area contributed by atoms with Gasteiger partial charge in [0.05, 0.1) is 22.7 Å². The number of benzene rings is 1. The summed E-state index contributed by atoms with van der Waals surface area (Å²) in [6.45, 7) is 3.93. The van der Waals surface area contributed by atoms with Crippen molar-refractivity contribution >= 4 is 41.0 Å². The molecule has 1 aliphatic rings. The van der Waals surface area contributed by atoms with Crippen LogP contribution in [0.25, 0.3) is 0 Å². The zero-order chi connectivity index (χ0) is 21.6. The summed E-state index contributed by atoms with van der Waals surface area (Å²) >= 11 is 5.56. The van der Waals surface area contributed by atoms with E-state index in [0.29, 0.717) is 12.6 Å². The summed E-state index contributed by atoms with van der Waals surface area (Å²) in [4.78, 5) is 33.6. The van der Waals surface area contributed by atoms with Crippen molar-refractivity contribution in [3.05, 3.63) is 40.5 Å². The molecule has 29 heavy (non-hydrogen) atoms. The Balaban J connectivity index is 1.82. The molecule has 0 radical (unpaired) electrons. The second-order valence-electron chi connectivity index (χ2n) is 7.02. The molecule has 1 fully saturated rings. The minimum atomic E-state index is -4.67. The number of hydrogen-bond acceptors (Lipinski definition) is 5. The molecule has 1 aromatic carbocycles. The first-order valence-corrected chi connectivity index (χ1v) is 8.65. The van der Waals surface area contributed by atoms with Gasteiger partial charge in [-0.15, -0.1) is 0 Å². The van der Waals surface area contributed by atoms with Crippen molar-refractivity contribution in [3.8, 4) is 0 Å². The molecule has 2 heterocycles. The largest absolute Gasteiger partial charge is 0.417 e. The lowest BCUT2D eigenvalue weighted by Gasteiger charge is -2.17. The number of nitrogens with two attached hydrogens (primary N) is 1. The van der Waals surface area contributed by atoms with E-state index >= 15 is 0 Å². The molecule has 154 valence electrons. The van der Waals surface area contributed by atoms with Gasteiger partial charge in [0, 0.05) is 11.9 Å². The molecule has 0 saturated carbocycles. The summed E-state index contributed by atoms with van der Waals surface area (Å²) in [5.74, 6) is -1.03. The number of nitrogens with one attached hydrogen (secondary N) is 2. The molecule has 1 saturated heterocycles. The Kier molecular flexibility index (Phi) is 5.03. The van der Waals surface area contributed by atoms with E-state index < -0.39 is 34.2 Å². The minimum Gasteiger partial charge on any atom is -0.383 e. The molecule has 1 aliphatic heterocycles. The van der Waals surface area contributed by atoms with Crippen LogP contribution in [0.4, 0.5) is 35.4 Å². The van der Waals surface area contributed by atoms with Crippen molar-refractivity contribution in [2.75, 3.05) is 22.5 Å². The normalized spacial score (nSPS) is 15.9. The zero-order valence-corrected chi connectivity index (χ0v) is 16.0. The highest BCUT2D eigenvalue weighted by Gasteiger charge is 2.37. The molecule has 3 rings (SSSR count). The van der Waals surface area contributed by atoms with E-state index in [1.165, 1.54) is 11.0 Å². The fraction of sp³-hybridized carbons (Fsp3) is 0.294. The molecule has 3 amide bonds. The SMILES string of the molecule is CC1(C)CN(c2ncc(C(=O)Nc3ccc(Cl)c(C(F)(F)F)c3)c(N)n2)C(=O)N1. The van der Waals surface area contributed by atoms with Crippen LogP contribution in [0.1, 0.15) is 29.8 Å². The van der Waals surface area contributed by atoms with E-state index in [4.69, 9.17) is 17.3 Å². The second kappa shape index (κ2) is 7.07. The van der Waals surface area contributed by atoms with Crippen LogP contribution < -0.4 is 21.3 Å². The zero-order valence-electron chi connectivity index (χ0n) is 15.3. The summed E-state index contributed by atoms with van der Waals surface area (Å²) < 4.78 is 38.9. The van der Waals surface area contributed by atoms with Gasteiger partial charge in [0.25, 0.3) is 5.91 Å². The third kappa shape index (κ3) is 4.34. The first-order valence-electron chi connectivity index (χ1n) is 8.28. The summed E-state index contributed by atoms with van der Waals surface area (Å²) in [5.41, 5.74) is 3.95. The topological polar surface area (TPSA) is 113 Å². The highest BCUT2D eigenvalue weighted by atomic mass is 35.5. The maximum absolute atomic E-state index is 13.0. The second-order valence-corrected chi connectivity index (χ2v) is 7.42. The van der Waals surface area contributed by atoms with Crippen molar-refractivity contribution in [3.63, 3.8) is 0 Å². The number of amides is 3. The predicted octanol–water partition coefficient (Wildman–Crippen LogP) is 3.29. The Bertz CT molecular complexity index is 996. The molecule has 0 bridgehead atoms. The fourth-order valence-corrected chi connectivity index (χ4v) is 2.96. The van der Waals surface area contributed by atoms with Gasteiger partial charge >= 0.3 is 12.2 Å². The van der Waals surface area contributed by atoms with Crippen molar-refractivity contribution in [1.29, 1.82) is 0 Å². The van der Waals surface area contributed by atoms with Gasteiger partial charge in [-0.05, 0) is 32.0 Å². The molecular formula is C17H16ClF3N6O2. The van der Waals surface area contributed by atoms with Crippen molar-refractivity contribution in [2.24, 2.45) is 0 Å². The predicted molar refractivity (Wildman–Crippen MR) is 101 cm³/mol. The van der Waals surface area contributed by atoms with Crippen molar-refractivity contribution < 1.29 is 22.8 Å². The number of nitrogen functional groups attached to an aromatic ring is 1. The van der Waals surface area contributed by atoms with Crippen molar-refractivity contribution in [1.82, 2.24) is 15.3 Å². The number of anilines is 3. The lowest BCUT2D eigenvalue weighted by atomic mass is 10.1. The molecule has 8 nitrogen and oxygen atoms in total. The number of nitrogens with zero attached hydrogens (tertiary/aromatic N) is 3. The van der Waals surface area contributed by atoms with E-state index in [2.05, 4.69) is 20.6 Å². The summed E-state index contributed by atoms with van der Waals surface area (Å²) in [7, 11) is 0. The molecular weight excluding hydrogens is 413 g/mol. The molecule has 0 spiro atoms. The lowest BCUT2D eigenvalue weighted by Crippen LogP contribution is -2.36. The molecule has 2 aromatic rings. The average Bonchev–Trinajstić information content (AvgIpc) is 2.88. The van der Waals surface area contributed by atoms with Crippen LogP contribution in [0.15, 0.2) is 24.4 Å². The Morgan fingerprint density at radius 3 is 2.62 bits per heavy atom. The maximum atomic E-state index is 13.0. The minimum absolute atomic E-state index is 0.00738. The highest BCUT2D eigenvalue weighted by molar-refractivity contribution is 6.31. The standard InChI is InChI=1S/C17H16ClF3N6O2/c1-16(2)7-27(15(29)26-16)14-23-6-9(12(22)25-14)13(28)24-8-3-4-11(18)10(5-8)17(19,20)21/h3-6H,7H2,1-2H3,(H,24,28)(H,26,29)(H2,22,23,25). The number of carbonyl (C=O) groups excluding carboxylic acids is 2. The number of urea groups is 1. The third-order valence-electron chi connectivity index (χ3n) is 4.07. The van der Waals surface area contributed by atoms with Gasteiger partial charge in [-0.1, -0.05) is 11.6 Å². The number of rotatable bonds is 3. The number of hydrogen-bond donors (Lipinski definition) is 3. The highest BCUT2D eigenvalue weighted by Crippen LogP contribution is 2.36. The van der Waals surface area contributed by atoms with Crippen LogP contribution in [0.3, 0.4) is 0 Å². The van der Waals surface area contributed by atoms with Crippen LogP contribution in [-0.4, -0.2) is 34.0 Å². The van der Waals surface area contributed by atoms with E-state index in [1.54, 1.807) is 0 Å². The van der Waals surface area contributed by atoms with E-state index in [9.17, 15) is 22.8 Å². The molecule has 1 aromatic heterocycles.